The van der Waals surface area contributed by atoms with Crippen molar-refractivity contribution < 1.29 is 0 Å². The van der Waals surface area contributed by atoms with Crippen LogP contribution in [0.15, 0.2) is 39.9 Å². The molecule has 0 unspecified atom stereocenters. The lowest BCUT2D eigenvalue weighted by atomic mass is 10.4. The molecule has 0 saturated carbocycles. The summed E-state index contributed by atoms with van der Waals surface area (Å²) < 4.78 is 5.75. The second-order valence-corrected chi connectivity index (χ2v) is 7.16. The molecule has 11 heteroatoms. The van der Waals surface area contributed by atoms with Gasteiger partial charge in [-0.2, -0.15) is 4.98 Å². The van der Waals surface area contributed by atoms with Gasteiger partial charge in [-0.25, -0.2) is 9.50 Å². The van der Waals surface area contributed by atoms with E-state index in [2.05, 4.69) is 25.3 Å². The summed E-state index contributed by atoms with van der Waals surface area (Å²) in [6.45, 7) is 0. The number of fused-ring (bicyclic) bond motifs is 4. The monoisotopic (exact) mass is 370 g/mol. The Morgan fingerprint density at radius 1 is 1.32 bits per heavy atom. The molecule has 5 aromatic heterocycles. The van der Waals surface area contributed by atoms with Crippen LogP contribution in [0, 0.1) is 0 Å². The minimum atomic E-state index is -0.0582. The third-order valence-corrected chi connectivity index (χ3v) is 5.55. The molecule has 5 rings (SSSR count). The molecule has 0 aliphatic rings. The number of nitrogens with zero attached hydrogens (tertiary/aromatic N) is 8. The summed E-state index contributed by atoms with van der Waals surface area (Å²) >= 11 is 2.87. The highest BCUT2D eigenvalue weighted by Crippen LogP contribution is 2.23. The summed E-state index contributed by atoms with van der Waals surface area (Å²) in [5.74, 6) is 2.35. The van der Waals surface area contributed by atoms with Crippen molar-refractivity contribution in [3.05, 3.63) is 46.1 Å². The lowest BCUT2D eigenvalue weighted by molar-refractivity contribution is 0.860. The molecule has 25 heavy (non-hydrogen) atoms. The highest BCUT2D eigenvalue weighted by molar-refractivity contribution is 7.98. The van der Waals surface area contributed by atoms with Crippen molar-refractivity contribution in [2.45, 2.75) is 10.9 Å². The van der Waals surface area contributed by atoms with Gasteiger partial charge in [0.1, 0.15) is 10.5 Å². The van der Waals surface area contributed by atoms with Crippen molar-refractivity contribution in [3.8, 4) is 0 Å². The summed E-state index contributed by atoms with van der Waals surface area (Å²) in [4.78, 5) is 20.9. The molecule has 0 saturated heterocycles. The molecule has 0 atom stereocenters. The SMILES string of the molecule is Cn1c(=O)c2sccc2n2c(CSc3nc4ncccn4n3)nnc12. The molecule has 0 spiro atoms. The molecule has 0 fully saturated rings. The van der Waals surface area contributed by atoms with E-state index in [1.807, 2.05) is 15.8 Å². The Labute approximate surface area is 148 Å². The molecule has 5 aromatic rings. The molecule has 5 heterocycles. The van der Waals surface area contributed by atoms with E-state index in [-0.39, 0.29) is 5.56 Å². The zero-order valence-electron chi connectivity index (χ0n) is 12.9. The van der Waals surface area contributed by atoms with Gasteiger partial charge in [-0.3, -0.25) is 13.8 Å². The number of aromatic nitrogens is 8. The smallest absolute Gasteiger partial charge is 0.272 e. The van der Waals surface area contributed by atoms with Crippen LogP contribution in [0.5, 0.6) is 0 Å². The topological polar surface area (TPSA) is 95.3 Å². The van der Waals surface area contributed by atoms with Crippen LogP contribution in [-0.2, 0) is 12.8 Å². The van der Waals surface area contributed by atoms with Crippen molar-refractivity contribution >= 4 is 44.9 Å². The summed E-state index contributed by atoms with van der Waals surface area (Å²) in [5, 5.41) is 15.3. The zero-order valence-corrected chi connectivity index (χ0v) is 14.5. The van der Waals surface area contributed by atoms with Gasteiger partial charge in [0.05, 0.1) is 11.3 Å². The van der Waals surface area contributed by atoms with Gasteiger partial charge in [0.25, 0.3) is 11.3 Å². The first-order valence-electron chi connectivity index (χ1n) is 7.33. The van der Waals surface area contributed by atoms with Gasteiger partial charge < -0.3 is 0 Å². The molecule has 0 radical (unpaired) electrons. The molecule has 0 aliphatic carbocycles. The van der Waals surface area contributed by atoms with Crippen molar-refractivity contribution in [2.75, 3.05) is 0 Å². The summed E-state index contributed by atoms with van der Waals surface area (Å²) in [5.41, 5.74) is 0.769. The average Bonchev–Trinajstić information content (AvgIpc) is 3.33. The van der Waals surface area contributed by atoms with E-state index in [0.29, 0.717) is 27.2 Å². The molecule has 0 N–H and O–H groups in total. The second-order valence-electron chi connectivity index (χ2n) is 5.30. The molecule has 0 bridgehead atoms. The lowest BCUT2D eigenvalue weighted by Crippen LogP contribution is -2.19. The Kier molecular flexibility index (Phi) is 3.12. The second kappa shape index (κ2) is 5.36. The molecule has 0 amide bonds. The predicted molar refractivity (Wildman–Crippen MR) is 94.0 cm³/mol. The third-order valence-electron chi connectivity index (χ3n) is 3.82. The van der Waals surface area contributed by atoms with E-state index in [9.17, 15) is 4.79 Å². The van der Waals surface area contributed by atoms with Crippen LogP contribution in [0.3, 0.4) is 0 Å². The van der Waals surface area contributed by atoms with E-state index in [0.717, 1.165) is 11.3 Å². The summed E-state index contributed by atoms with van der Waals surface area (Å²) in [6, 6.07) is 3.72. The van der Waals surface area contributed by atoms with Crippen molar-refractivity contribution in [2.24, 2.45) is 7.05 Å². The maximum atomic E-state index is 12.3. The fraction of sp³-hybridized carbons (Fsp3) is 0.143. The number of rotatable bonds is 3. The molecule has 124 valence electrons. The van der Waals surface area contributed by atoms with Crippen molar-refractivity contribution in [3.63, 3.8) is 0 Å². The summed E-state index contributed by atoms with van der Waals surface area (Å²) in [7, 11) is 1.71. The maximum absolute atomic E-state index is 12.3. The quantitative estimate of drug-likeness (QED) is 0.443. The first kappa shape index (κ1) is 14.5. The molecule has 0 aromatic carbocycles. The Balaban J connectivity index is 1.58. The van der Waals surface area contributed by atoms with Gasteiger partial charge in [0.2, 0.25) is 10.9 Å². The van der Waals surface area contributed by atoms with Crippen LogP contribution in [0.2, 0.25) is 0 Å². The first-order chi connectivity index (χ1) is 12.2. The van der Waals surface area contributed by atoms with Gasteiger partial charge in [-0.15, -0.1) is 26.6 Å². The molecular weight excluding hydrogens is 360 g/mol. The minimum absolute atomic E-state index is 0.0582. The molecular formula is C14H10N8OS2. The number of hydrogen-bond acceptors (Lipinski definition) is 8. The van der Waals surface area contributed by atoms with Crippen molar-refractivity contribution in [1.82, 2.24) is 38.7 Å². The van der Waals surface area contributed by atoms with Crippen LogP contribution in [0.25, 0.3) is 21.8 Å². The normalized spacial score (nSPS) is 11.9. The third kappa shape index (κ3) is 2.16. The van der Waals surface area contributed by atoms with Gasteiger partial charge in [-0.1, -0.05) is 11.8 Å². The van der Waals surface area contributed by atoms with Gasteiger partial charge >= 0.3 is 0 Å². The molecule has 9 nitrogen and oxygen atoms in total. The van der Waals surface area contributed by atoms with E-state index in [1.54, 1.807) is 30.0 Å². The van der Waals surface area contributed by atoms with E-state index < -0.39 is 0 Å². The van der Waals surface area contributed by atoms with Crippen LogP contribution in [-0.4, -0.2) is 38.7 Å². The average molecular weight is 370 g/mol. The number of thiophene rings is 1. The van der Waals surface area contributed by atoms with E-state index in [4.69, 9.17) is 0 Å². The van der Waals surface area contributed by atoms with Crippen LogP contribution >= 0.6 is 23.1 Å². The molecule has 0 aliphatic heterocycles. The van der Waals surface area contributed by atoms with Crippen molar-refractivity contribution in [1.29, 1.82) is 0 Å². The fourth-order valence-corrected chi connectivity index (χ4v) is 4.24. The van der Waals surface area contributed by atoms with Gasteiger partial charge in [0, 0.05) is 19.4 Å². The fourth-order valence-electron chi connectivity index (χ4n) is 2.65. The first-order valence-corrected chi connectivity index (χ1v) is 9.19. The highest BCUT2D eigenvalue weighted by atomic mass is 32.2. The zero-order chi connectivity index (χ0) is 17.0. The standard InChI is InChI=1S/C14H10N8OS2/c1-20-11(23)10-8(3-6-24-10)22-9(17-18-14(20)22)7-25-13-16-12-15-4-2-5-21(12)19-13/h2-6H,7H2,1H3. The Hall–Kier alpha value is -2.79. The highest BCUT2D eigenvalue weighted by Gasteiger charge is 2.16. The summed E-state index contributed by atoms with van der Waals surface area (Å²) in [6.07, 6.45) is 3.48. The van der Waals surface area contributed by atoms with Gasteiger partial charge in [0.15, 0.2) is 0 Å². The number of aryl methyl sites for hydroxylation is 1. The van der Waals surface area contributed by atoms with Crippen LogP contribution in [0.1, 0.15) is 5.82 Å². The Bertz CT molecular complexity index is 1260. The number of hydrogen-bond donors (Lipinski definition) is 0. The largest absolute Gasteiger partial charge is 0.279 e. The maximum Gasteiger partial charge on any atom is 0.272 e. The van der Waals surface area contributed by atoms with E-state index in [1.165, 1.54) is 27.7 Å². The van der Waals surface area contributed by atoms with E-state index >= 15 is 0 Å². The predicted octanol–water partition coefficient (Wildman–Crippen LogP) is 1.37. The van der Waals surface area contributed by atoms with Crippen LogP contribution in [0.4, 0.5) is 0 Å². The Morgan fingerprint density at radius 3 is 3.12 bits per heavy atom. The van der Waals surface area contributed by atoms with Crippen LogP contribution < -0.4 is 5.56 Å². The Morgan fingerprint density at radius 2 is 2.24 bits per heavy atom. The lowest BCUT2D eigenvalue weighted by Gasteiger charge is -2.04. The number of thioether (sulfide) groups is 1. The van der Waals surface area contributed by atoms with Gasteiger partial charge in [-0.05, 0) is 17.5 Å². The minimum Gasteiger partial charge on any atom is -0.279 e.